The summed E-state index contributed by atoms with van der Waals surface area (Å²) in [4.78, 5) is 4.95. The first-order valence-corrected chi connectivity index (χ1v) is 5.68. The Labute approximate surface area is 89.7 Å². The predicted molar refractivity (Wildman–Crippen MR) is 61.9 cm³/mol. The van der Waals surface area contributed by atoms with Gasteiger partial charge in [-0.25, -0.2) is 0 Å². The fourth-order valence-electron chi connectivity index (χ4n) is 2.37. The average Bonchev–Trinajstić information content (AvgIpc) is 2.76. The van der Waals surface area contributed by atoms with Gasteiger partial charge in [-0.15, -0.1) is 0 Å². The Hall–Kier alpha value is 0.0499. The zero-order chi connectivity index (χ0) is 10.3. The molecule has 0 aromatic heterocycles. The first kappa shape index (κ1) is 10.6. The van der Waals surface area contributed by atoms with Crippen LogP contribution in [0.25, 0.3) is 0 Å². The van der Waals surface area contributed by atoms with E-state index in [-0.39, 0.29) is 5.34 Å². The number of nitrogens with zero attached hydrogens (tertiary/aromatic N) is 2. The lowest BCUT2D eigenvalue weighted by molar-refractivity contribution is 0.0977. The molecule has 2 aliphatic heterocycles. The van der Waals surface area contributed by atoms with Crippen molar-refractivity contribution in [1.29, 1.82) is 0 Å². The van der Waals surface area contributed by atoms with Crippen LogP contribution in [0, 0.1) is 0 Å². The summed E-state index contributed by atoms with van der Waals surface area (Å²) < 4.78 is 0. The van der Waals surface area contributed by atoms with Crippen LogP contribution in [0.2, 0.25) is 5.82 Å². The van der Waals surface area contributed by atoms with E-state index in [9.17, 15) is 0 Å². The minimum atomic E-state index is -0.0664. The fraction of sp³-hybridized carbons (Fsp3) is 1.00. The van der Waals surface area contributed by atoms with Crippen LogP contribution < -0.4 is 0 Å². The molecule has 0 spiro atoms. The second kappa shape index (κ2) is 3.57. The molecule has 2 fully saturated rings. The zero-order valence-electron chi connectivity index (χ0n) is 9.53. The smallest absolute Gasteiger partial charge is 0.128 e. The van der Waals surface area contributed by atoms with E-state index in [0.29, 0.717) is 11.9 Å². The van der Waals surface area contributed by atoms with E-state index in [2.05, 4.69) is 37.9 Å². The molecule has 0 aromatic carbocycles. The molecule has 2 rings (SSSR count). The molecule has 75 valence electrons. The molecular weight excluding hydrogens is 170 g/mol. The number of hydrogen-bond acceptors (Lipinski definition) is 2. The predicted octanol–water partition coefficient (Wildman–Crippen LogP) is 0.361. The van der Waals surface area contributed by atoms with E-state index in [0.717, 1.165) is 26.2 Å². The average molecular weight is 189 g/mol. The summed E-state index contributed by atoms with van der Waals surface area (Å²) >= 11 is 0. The standard InChI is InChI=1S/C10H19B2N2/c1-8(2)13-4-6-14(7-5-13)10(11)9(3)12-10/h8-9H,4-7H2,1-3H3. The second-order valence-corrected chi connectivity index (χ2v) is 4.96. The third-order valence-corrected chi connectivity index (χ3v) is 3.73. The Morgan fingerprint density at radius 3 is 2.14 bits per heavy atom. The normalized spacial score (nSPS) is 39.9. The van der Waals surface area contributed by atoms with Crippen LogP contribution >= 0.6 is 0 Å². The molecule has 0 aliphatic carbocycles. The van der Waals surface area contributed by atoms with Gasteiger partial charge in [0.05, 0.1) is 7.85 Å². The van der Waals surface area contributed by atoms with Crippen LogP contribution in [-0.2, 0) is 0 Å². The molecule has 2 saturated heterocycles. The highest BCUT2D eigenvalue weighted by molar-refractivity contribution is 6.69. The molecule has 0 aromatic rings. The van der Waals surface area contributed by atoms with Crippen molar-refractivity contribution >= 4 is 15.1 Å². The number of piperazine rings is 1. The summed E-state index contributed by atoms with van der Waals surface area (Å²) in [6, 6.07) is 0.673. The van der Waals surface area contributed by atoms with E-state index < -0.39 is 0 Å². The summed E-state index contributed by atoms with van der Waals surface area (Å²) in [6.45, 7) is 11.3. The summed E-state index contributed by atoms with van der Waals surface area (Å²) in [5, 5.41) is -0.0664. The molecule has 2 nitrogen and oxygen atoms in total. The molecule has 2 aliphatic rings. The molecule has 0 amide bonds. The maximum Gasteiger partial charge on any atom is 0.128 e. The van der Waals surface area contributed by atoms with Crippen LogP contribution in [0.3, 0.4) is 0 Å². The lowest BCUT2D eigenvalue weighted by Crippen LogP contribution is -2.54. The highest BCUT2D eigenvalue weighted by Gasteiger charge is 2.51. The summed E-state index contributed by atoms with van der Waals surface area (Å²) in [7, 11) is 8.49. The molecular formula is C10H19B2N2. The Bertz CT molecular complexity index is 214. The maximum absolute atomic E-state index is 6.24. The number of rotatable bonds is 2. The minimum Gasteiger partial charge on any atom is -0.312 e. The number of hydrogen-bond donors (Lipinski definition) is 0. The van der Waals surface area contributed by atoms with Crippen molar-refractivity contribution in [2.24, 2.45) is 0 Å². The van der Waals surface area contributed by atoms with Gasteiger partial charge in [-0.05, 0) is 19.2 Å². The topological polar surface area (TPSA) is 6.48 Å². The Morgan fingerprint density at radius 2 is 1.79 bits per heavy atom. The summed E-state index contributed by atoms with van der Waals surface area (Å²) in [5.41, 5.74) is 0. The Morgan fingerprint density at radius 1 is 1.29 bits per heavy atom. The summed E-state index contributed by atoms with van der Waals surface area (Å²) in [5.74, 6) is 0.577. The molecule has 4 heteroatoms. The van der Waals surface area contributed by atoms with Crippen molar-refractivity contribution in [2.75, 3.05) is 26.2 Å². The van der Waals surface area contributed by atoms with Crippen molar-refractivity contribution < 1.29 is 0 Å². The van der Waals surface area contributed by atoms with E-state index in [1.807, 2.05) is 0 Å². The van der Waals surface area contributed by atoms with Gasteiger partial charge in [-0.2, -0.15) is 0 Å². The van der Waals surface area contributed by atoms with Crippen molar-refractivity contribution in [3.63, 3.8) is 0 Å². The van der Waals surface area contributed by atoms with E-state index in [1.165, 1.54) is 0 Å². The quantitative estimate of drug-likeness (QED) is 0.578. The third-order valence-electron chi connectivity index (χ3n) is 3.73. The van der Waals surface area contributed by atoms with Gasteiger partial charge in [0.25, 0.3) is 0 Å². The van der Waals surface area contributed by atoms with Crippen molar-refractivity contribution in [2.45, 2.75) is 38.0 Å². The Kier molecular flexibility index (Phi) is 2.69. The molecule has 14 heavy (non-hydrogen) atoms. The lowest BCUT2D eigenvalue weighted by Gasteiger charge is -2.41. The first-order chi connectivity index (χ1) is 6.54. The SMILES string of the molecule is [B]C1(N2CCN(C(C)C)CC2)[B]C1C. The van der Waals surface area contributed by atoms with Gasteiger partial charge < -0.3 is 4.90 Å². The molecule has 0 saturated carbocycles. The van der Waals surface area contributed by atoms with Gasteiger partial charge in [0.2, 0.25) is 0 Å². The molecule has 3 radical (unpaired) electrons. The summed E-state index contributed by atoms with van der Waals surface area (Å²) in [6.07, 6.45) is 0. The van der Waals surface area contributed by atoms with Crippen molar-refractivity contribution in [3.8, 4) is 0 Å². The van der Waals surface area contributed by atoms with Gasteiger partial charge in [0.15, 0.2) is 0 Å². The first-order valence-electron chi connectivity index (χ1n) is 5.68. The van der Waals surface area contributed by atoms with E-state index >= 15 is 0 Å². The van der Waals surface area contributed by atoms with E-state index in [4.69, 9.17) is 7.85 Å². The van der Waals surface area contributed by atoms with Gasteiger partial charge >= 0.3 is 0 Å². The molecule has 2 atom stereocenters. The van der Waals surface area contributed by atoms with Crippen LogP contribution in [0.5, 0.6) is 0 Å². The largest absolute Gasteiger partial charge is 0.312 e. The fourth-order valence-corrected chi connectivity index (χ4v) is 2.37. The molecule has 0 bridgehead atoms. The van der Waals surface area contributed by atoms with Gasteiger partial charge in [0, 0.05) is 32.2 Å². The Balaban J connectivity index is 1.85. The molecule has 2 heterocycles. The van der Waals surface area contributed by atoms with Crippen molar-refractivity contribution in [1.82, 2.24) is 9.80 Å². The van der Waals surface area contributed by atoms with Crippen LogP contribution in [-0.4, -0.2) is 62.5 Å². The van der Waals surface area contributed by atoms with E-state index in [1.54, 1.807) is 0 Å². The monoisotopic (exact) mass is 189 g/mol. The van der Waals surface area contributed by atoms with Crippen LogP contribution in [0.15, 0.2) is 0 Å². The zero-order valence-corrected chi connectivity index (χ0v) is 9.53. The second-order valence-electron chi connectivity index (χ2n) is 4.96. The highest BCUT2D eigenvalue weighted by Crippen LogP contribution is 2.41. The van der Waals surface area contributed by atoms with Crippen LogP contribution in [0.4, 0.5) is 0 Å². The van der Waals surface area contributed by atoms with Crippen LogP contribution in [0.1, 0.15) is 20.8 Å². The third kappa shape index (κ3) is 1.74. The molecule has 0 N–H and O–H groups in total. The van der Waals surface area contributed by atoms with Gasteiger partial charge in [-0.1, -0.05) is 12.7 Å². The lowest BCUT2D eigenvalue weighted by atomic mass is 9.77. The maximum atomic E-state index is 6.24. The van der Waals surface area contributed by atoms with Gasteiger partial charge in [-0.3, -0.25) is 4.90 Å². The van der Waals surface area contributed by atoms with Crippen molar-refractivity contribution in [3.05, 3.63) is 0 Å². The highest BCUT2D eigenvalue weighted by atomic mass is 15.3. The van der Waals surface area contributed by atoms with Gasteiger partial charge in [0.1, 0.15) is 7.28 Å². The minimum absolute atomic E-state index is 0.0664. The molecule has 2 unspecified atom stereocenters.